The van der Waals surface area contributed by atoms with Crippen LogP contribution in [0.25, 0.3) is 10.9 Å². The summed E-state index contributed by atoms with van der Waals surface area (Å²) in [7, 11) is 0. The molecule has 2 aromatic carbocycles. The summed E-state index contributed by atoms with van der Waals surface area (Å²) in [5.41, 5.74) is 2.68. The van der Waals surface area contributed by atoms with Gasteiger partial charge in [-0.25, -0.2) is 0 Å². The molecule has 0 spiro atoms. The standard InChI is InChI=1S/C22H26N2O/c25-21-6-7-22-20(17-21)10-13-24(22)15-14-23-11-8-19(9-12-23)16-18-4-2-1-3-5-18/h1-7,10,13,17,19,25H,8-9,11-12,14-16H2. The smallest absolute Gasteiger partial charge is 0.116 e. The number of hydrogen-bond donors (Lipinski definition) is 1. The van der Waals surface area contributed by atoms with E-state index in [4.69, 9.17) is 0 Å². The van der Waals surface area contributed by atoms with Crippen LogP contribution in [0.4, 0.5) is 0 Å². The van der Waals surface area contributed by atoms with Crippen molar-refractivity contribution in [3.05, 3.63) is 66.4 Å². The van der Waals surface area contributed by atoms with Crippen LogP contribution in [-0.4, -0.2) is 34.2 Å². The zero-order valence-corrected chi connectivity index (χ0v) is 14.6. The summed E-state index contributed by atoms with van der Waals surface area (Å²) in [4.78, 5) is 2.59. The Hall–Kier alpha value is -2.26. The fraction of sp³-hybridized carbons (Fsp3) is 0.364. The molecule has 0 saturated carbocycles. The third-order valence-corrected chi connectivity index (χ3v) is 5.49. The van der Waals surface area contributed by atoms with Gasteiger partial charge in [-0.3, -0.25) is 0 Å². The van der Waals surface area contributed by atoms with Crippen molar-refractivity contribution in [2.45, 2.75) is 25.8 Å². The van der Waals surface area contributed by atoms with E-state index in [1.54, 1.807) is 6.07 Å². The lowest BCUT2D eigenvalue weighted by atomic mass is 9.90. The molecule has 0 amide bonds. The maximum absolute atomic E-state index is 9.59. The molecule has 1 N–H and O–H groups in total. The van der Waals surface area contributed by atoms with Gasteiger partial charge in [0.15, 0.2) is 0 Å². The van der Waals surface area contributed by atoms with Gasteiger partial charge >= 0.3 is 0 Å². The van der Waals surface area contributed by atoms with Crippen molar-refractivity contribution in [3.8, 4) is 5.75 Å². The number of phenolic OH excluding ortho intramolecular Hbond substituents is 1. The third-order valence-electron chi connectivity index (χ3n) is 5.49. The van der Waals surface area contributed by atoms with Gasteiger partial charge in [-0.05, 0) is 68.1 Å². The first-order valence-electron chi connectivity index (χ1n) is 9.32. The Morgan fingerprint density at radius 3 is 2.52 bits per heavy atom. The van der Waals surface area contributed by atoms with Gasteiger partial charge in [-0.1, -0.05) is 30.3 Å². The molecule has 0 radical (unpaired) electrons. The van der Waals surface area contributed by atoms with Crippen molar-refractivity contribution in [2.24, 2.45) is 5.92 Å². The predicted molar refractivity (Wildman–Crippen MR) is 103 cm³/mol. The van der Waals surface area contributed by atoms with Crippen LogP contribution in [0.3, 0.4) is 0 Å². The lowest BCUT2D eigenvalue weighted by molar-refractivity contribution is 0.179. The molecule has 1 aromatic heterocycles. The van der Waals surface area contributed by atoms with Crippen LogP contribution < -0.4 is 0 Å². The number of fused-ring (bicyclic) bond motifs is 1. The molecule has 0 atom stereocenters. The molecule has 2 heterocycles. The molecular weight excluding hydrogens is 308 g/mol. The molecule has 0 aliphatic carbocycles. The first-order valence-corrected chi connectivity index (χ1v) is 9.32. The van der Waals surface area contributed by atoms with Crippen LogP contribution in [0, 0.1) is 5.92 Å². The molecule has 130 valence electrons. The van der Waals surface area contributed by atoms with Crippen LogP contribution in [0.2, 0.25) is 0 Å². The summed E-state index contributed by atoms with van der Waals surface area (Å²) < 4.78 is 2.30. The molecule has 0 bridgehead atoms. The summed E-state index contributed by atoms with van der Waals surface area (Å²) in [6.07, 6.45) is 5.96. The lowest BCUT2D eigenvalue weighted by Gasteiger charge is -2.32. The minimum Gasteiger partial charge on any atom is -0.508 e. The van der Waals surface area contributed by atoms with E-state index >= 15 is 0 Å². The first-order chi connectivity index (χ1) is 12.3. The highest BCUT2D eigenvalue weighted by Gasteiger charge is 2.19. The van der Waals surface area contributed by atoms with Crippen molar-refractivity contribution in [1.82, 2.24) is 9.47 Å². The summed E-state index contributed by atoms with van der Waals surface area (Å²) in [5.74, 6) is 1.17. The molecule has 0 unspecified atom stereocenters. The number of nitrogens with zero attached hydrogens (tertiary/aromatic N) is 2. The maximum atomic E-state index is 9.59. The molecule has 3 aromatic rings. The number of hydrogen-bond acceptors (Lipinski definition) is 2. The zero-order chi connectivity index (χ0) is 17.1. The molecule has 3 heteroatoms. The van der Waals surface area contributed by atoms with E-state index in [0.29, 0.717) is 5.75 Å². The fourth-order valence-corrected chi connectivity index (χ4v) is 3.99. The molecule has 1 fully saturated rings. The Morgan fingerprint density at radius 2 is 1.72 bits per heavy atom. The minimum absolute atomic E-state index is 0.339. The number of piperidine rings is 1. The molecular formula is C22H26N2O. The summed E-state index contributed by atoms with van der Waals surface area (Å²) >= 11 is 0. The van der Waals surface area contributed by atoms with Crippen molar-refractivity contribution in [1.29, 1.82) is 0 Å². The van der Waals surface area contributed by atoms with E-state index in [-0.39, 0.29) is 0 Å². The second-order valence-electron chi connectivity index (χ2n) is 7.23. The zero-order valence-electron chi connectivity index (χ0n) is 14.6. The monoisotopic (exact) mass is 334 g/mol. The normalized spacial score (nSPS) is 16.5. The Morgan fingerprint density at radius 1 is 0.920 bits per heavy atom. The van der Waals surface area contributed by atoms with E-state index in [9.17, 15) is 5.11 Å². The first kappa shape index (κ1) is 16.2. The van der Waals surface area contributed by atoms with Gasteiger partial charge in [0.2, 0.25) is 0 Å². The van der Waals surface area contributed by atoms with Crippen LogP contribution in [0.1, 0.15) is 18.4 Å². The van der Waals surface area contributed by atoms with E-state index in [0.717, 1.165) is 24.4 Å². The molecule has 25 heavy (non-hydrogen) atoms. The molecule has 1 aliphatic rings. The third kappa shape index (κ3) is 3.88. The van der Waals surface area contributed by atoms with Gasteiger partial charge in [0.25, 0.3) is 0 Å². The number of aromatic hydroxyl groups is 1. The number of likely N-dealkylation sites (tertiary alicyclic amines) is 1. The quantitative estimate of drug-likeness (QED) is 0.753. The predicted octanol–water partition coefficient (Wildman–Crippen LogP) is 4.30. The van der Waals surface area contributed by atoms with Gasteiger partial charge in [0.1, 0.15) is 5.75 Å². The van der Waals surface area contributed by atoms with Crippen molar-refractivity contribution in [3.63, 3.8) is 0 Å². The van der Waals surface area contributed by atoms with Gasteiger partial charge < -0.3 is 14.6 Å². The second kappa shape index (κ2) is 7.32. The van der Waals surface area contributed by atoms with Crippen LogP contribution in [0.15, 0.2) is 60.8 Å². The summed E-state index contributed by atoms with van der Waals surface area (Å²) in [5, 5.41) is 10.7. The van der Waals surface area contributed by atoms with E-state index in [1.165, 1.54) is 43.4 Å². The molecule has 3 nitrogen and oxygen atoms in total. The van der Waals surface area contributed by atoms with Crippen molar-refractivity contribution in [2.75, 3.05) is 19.6 Å². The average Bonchev–Trinajstić information content (AvgIpc) is 3.04. The number of phenols is 1. The Kier molecular flexibility index (Phi) is 4.75. The van der Waals surface area contributed by atoms with Crippen molar-refractivity contribution < 1.29 is 5.11 Å². The van der Waals surface area contributed by atoms with E-state index < -0.39 is 0 Å². The molecule has 4 rings (SSSR count). The summed E-state index contributed by atoms with van der Waals surface area (Å²) in [6, 6.07) is 18.6. The fourth-order valence-electron chi connectivity index (χ4n) is 3.99. The highest BCUT2D eigenvalue weighted by Crippen LogP contribution is 2.23. The molecule has 1 saturated heterocycles. The highest BCUT2D eigenvalue weighted by atomic mass is 16.3. The van der Waals surface area contributed by atoms with Gasteiger partial charge in [-0.15, -0.1) is 0 Å². The largest absolute Gasteiger partial charge is 0.508 e. The maximum Gasteiger partial charge on any atom is 0.116 e. The number of rotatable bonds is 5. The number of aromatic nitrogens is 1. The van der Waals surface area contributed by atoms with Crippen LogP contribution in [-0.2, 0) is 13.0 Å². The lowest BCUT2D eigenvalue weighted by Crippen LogP contribution is -2.36. The van der Waals surface area contributed by atoms with E-state index in [2.05, 4.69) is 52.1 Å². The Labute approximate surface area is 149 Å². The van der Waals surface area contributed by atoms with Gasteiger partial charge in [0.05, 0.1) is 0 Å². The van der Waals surface area contributed by atoms with Crippen molar-refractivity contribution >= 4 is 10.9 Å². The SMILES string of the molecule is Oc1ccc2c(ccn2CCN2CCC(Cc3ccccc3)CC2)c1. The molecule has 1 aliphatic heterocycles. The topological polar surface area (TPSA) is 28.4 Å². The summed E-state index contributed by atoms with van der Waals surface area (Å²) in [6.45, 7) is 4.52. The highest BCUT2D eigenvalue weighted by molar-refractivity contribution is 5.81. The minimum atomic E-state index is 0.339. The van der Waals surface area contributed by atoms with Gasteiger partial charge in [-0.2, -0.15) is 0 Å². The van der Waals surface area contributed by atoms with Crippen LogP contribution in [0.5, 0.6) is 5.75 Å². The second-order valence-corrected chi connectivity index (χ2v) is 7.23. The number of benzene rings is 2. The van der Waals surface area contributed by atoms with Crippen LogP contribution >= 0.6 is 0 Å². The van der Waals surface area contributed by atoms with E-state index in [1.807, 2.05) is 12.1 Å². The van der Waals surface area contributed by atoms with Gasteiger partial charge in [0, 0.05) is 30.2 Å². The Bertz CT molecular complexity index is 816. The average molecular weight is 334 g/mol. The Balaban J connectivity index is 1.28.